The molecule has 1 aliphatic heterocycles. The smallest absolute Gasteiger partial charge is 0.416 e. The van der Waals surface area contributed by atoms with Crippen molar-refractivity contribution in [1.29, 1.82) is 0 Å². The fourth-order valence-electron chi connectivity index (χ4n) is 2.89. The van der Waals surface area contributed by atoms with Crippen molar-refractivity contribution in [2.45, 2.75) is 24.9 Å². The summed E-state index contributed by atoms with van der Waals surface area (Å²) in [5.41, 5.74) is -0.550. The van der Waals surface area contributed by atoms with Gasteiger partial charge in [-0.25, -0.2) is 0 Å². The van der Waals surface area contributed by atoms with Gasteiger partial charge in [0.25, 0.3) is 0 Å². The summed E-state index contributed by atoms with van der Waals surface area (Å²) in [6.45, 7) is 1.54. The lowest BCUT2D eigenvalue weighted by Gasteiger charge is -2.32. The molecule has 1 fully saturated rings. The molecule has 1 aromatic rings. The second-order valence-corrected chi connectivity index (χ2v) is 5.58. The van der Waals surface area contributed by atoms with Crippen LogP contribution in [0.3, 0.4) is 0 Å². The molecule has 0 aromatic heterocycles. The number of rotatable bonds is 3. The first kappa shape index (κ1) is 15.8. The lowest BCUT2D eigenvalue weighted by atomic mass is 9.80. The first-order valence-electron chi connectivity index (χ1n) is 6.87. The summed E-state index contributed by atoms with van der Waals surface area (Å²) in [6, 6.07) is 4.70. The van der Waals surface area contributed by atoms with Gasteiger partial charge >= 0.3 is 12.1 Å². The highest BCUT2D eigenvalue weighted by Crippen LogP contribution is 2.36. The minimum absolute atomic E-state index is 0.123. The largest absolute Gasteiger partial charge is 0.481 e. The number of piperidine rings is 1. The van der Waals surface area contributed by atoms with E-state index in [0.29, 0.717) is 12.8 Å². The molecule has 2 rings (SSSR count). The highest BCUT2D eigenvalue weighted by molar-refractivity contribution is 5.76. The Kier molecular flexibility index (Phi) is 4.56. The maximum absolute atomic E-state index is 12.8. The Labute approximate surface area is 121 Å². The first-order chi connectivity index (χ1) is 9.79. The van der Waals surface area contributed by atoms with E-state index in [1.54, 1.807) is 0 Å². The third-order valence-electron chi connectivity index (χ3n) is 4.07. The molecule has 1 aliphatic rings. The second kappa shape index (κ2) is 6.05. The number of hydrogen-bond acceptors (Lipinski definition) is 2. The minimum atomic E-state index is -4.45. The van der Waals surface area contributed by atoms with Crippen LogP contribution in [0.2, 0.25) is 0 Å². The average Bonchev–Trinajstić information content (AvgIpc) is 2.40. The number of aliphatic carboxylic acids is 1. The summed E-state index contributed by atoms with van der Waals surface area (Å²) >= 11 is 0. The van der Waals surface area contributed by atoms with Crippen molar-refractivity contribution in [2.24, 2.45) is 5.92 Å². The van der Waals surface area contributed by atoms with E-state index in [4.69, 9.17) is 0 Å². The van der Waals surface area contributed by atoms with E-state index in [2.05, 4.69) is 4.90 Å². The van der Waals surface area contributed by atoms with Crippen LogP contribution in [0.4, 0.5) is 13.2 Å². The van der Waals surface area contributed by atoms with Crippen LogP contribution in [0.25, 0.3) is 0 Å². The van der Waals surface area contributed by atoms with Gasteiger partial charge in [0.15, 0.2) is 0 Å². The third-order valence-corrected chi connectivity index (χ3v) is 4.07. The van der Waals surface area contributed by atoms with Crippen molar-refractivity contribution in [3.05, 3.63) is 35.4 Å². The molecule has 21 heavy (non-hydrogen) atoms. The molecule has 116 valence electrons. The molecule has 0 saturated carbocycles. The number of benzene rings is 1. The molecular weight excluding hydrogens is 283 g/mol. The maximum Gasteiger partial charge on any atom is 0.416 e. The van der Waals surface area contributed by atoms with Crippen molar-refractivity contribution < 1.29 is 23.1 Å². The van der Waals surface area contributed by atoms with Gasteiger partial charge in [-0.15, -0.1) is 0 Å². The molecule has 1 saturated heterocycles. The average molecular weight is 301 g/mol. The zero-order valence-corrected chi connectivity index (χ0v) is 11.7. The third kappa shape index (κ3) is 3.75. The zero-order valence-electron chi connectivity index (χ0n) is 11.7. The molecule has 3 nitrogen and oxygen atoms in total. The highest BCUT2D eigenvalue weighted by Gasteiger charge is 2.35. The molecule has 0 amide bonds. The van der Waals surface area contributed by atoms with Gasteiger partial charge in [-0.2, -0.15) is 13.2 Å². The number of carboxylic acid groups (broad SMARTS) is 1. The fourth-order valence-corrected chi connectivity index (χ4v) is 2.89. The predicted molar refractivity (Wildman–Crippen MR) is 72.0 cm³/mol. The summed E-state index contributed by atoms with van der Waals surface area (Å²) in [7, 11) is 1.95. The minimum Gasteiger partial charge on any atom is -0.481 e. The number of likely N-dealkylation sites (tertiary alicyclic amines) is 1. The Morgan fingerprint density at radius 1 is 1.33 bits per heavy atom. The van der Waals surface area contributed by atoms with Gasteiger partial charge in [0, 0.05) is 0 Å². The molecule has 1 aromatic carbocycles. The summed E-state index contributed by atoms with van der Waals surface area (Å²) in [4.78, 5) is 13.6. The van der Waals surface area contributed by atoms with E-state index in [1.807, 2.05) is 7.05 Å². The van der Waals surface area contributed by atoms with E-state index in [9.17, 15) is 23.1 Å². The molecule has 0 aliphatic carbocycles. The van der Waals surface area contributed by atoms with Crippen LogP contribution in [-0.2, 0) is 11.0 Å². The molecule has 0 bridgehead atoms. The van der Waals surface area contributed by atoms with Crippen LogP contribution in [-0.4, -0.2) is 36.1 Å². The van der Waals surface area contributed by atoms with E-state index in [1.165, 1.54) is 12.1 Å². The van der Waals surface area contributed by atoms with Crippen molar-refractivity contribution in [3.8, 4) is 0 Å². The van der Waals surface area contributed by atoms with E-state index in [0.717, 1.165) is 25.2 Å². The molecule has 1 atom stereocenters. The molecule has 1 N–H and O–H groups in total. The summed E-state index contributed by atoms with van der Waals surface area (Å²) in [5.74, 6) is -2.05. The van der Waals surface area contributed by atoms with Gasteiger partial charge in [0.1, 0.15) is 0 Å². The highest BCUT2D eigenvalue weighted by atomic mass is 19.4. The van der Waals surface area contributed by atoms with Crippen molar-refractivity contribution in [3.63, 3.8) is 0 Å². The second-order valence-electron chi connectivity index (χ2n) is 5.58. The Bertz CT molecular complexity index is 508. The van der Waals surface area contributed by atoms with Crippen LogP contribution in [0.15, 0.2) is 24.3 Å². The van der Waals surface area contributed by atoms with Crippen LogP contribution >= 0.6 is 0 Å². The number of carbonyl (C=O) groups is 1. The quantitative estimate of drug-likeness (QED) is 0.932. The van der Waals surface area contributed by atoms with Crippen LogP contribution in [0.5, 0.6) is 0 Å². The van der Waals surface area contributed by atoms with Crippen molar-refractivity contribution in [2.75, 3.05) is 20.1 Å². The van der Waals surface area contributed by atoms with Gasteiger partial charge < -0.3 is 10.0 Å². The Morgan fingerprint density at radius 3 is 2.48 bits per heavy atom. The molecule has 1 unspecified atom stereocenters. The fraction of sp³-hybridized carbons (Fsp3) is 0.533. The SMILES string of the molecule is CN1CCC(C(C(=O)O)c2cccc(C(F)(F)F)c2)CC1. The van der Waals surface area contributed by atoms with Crippen LogP contribution < -0.4 is 0 Å². The Hall–Kier alpha value is -1.56. The number of alkyl halides is 3. The Balaban J connectivity index is 2.28. The molecule has 0 radical (unpaired) electrons. The summed E-state index contributed by atoms with van der Waals surface area (Å²) in [5, 5.41) is 9.44. The zero-order chi connectivity index (χ0) is 15.6. The van der Waals surface area contributed by atoms with Crippen LogP contribution in [0, 0.1) is 5.92 Å². The van der Waals surface area contributed by atoms with Gasteiger partial charge in [-0.3, -0.25) is 4.79 Å². The molecule has 1 heterocycles. The van der Waals surface area contributed by atoms with E-state index in [-0.39, 0.29) is 11.5 Å². The normalized spacial score (nSPS) is 19.4. The number of hydrogen-bond donors (Lipinski definition) is 1. The number of halogens is 3. The standard InChI is InChI=1S/C15H18F3NO2/c1-19-7-5-10(6-8-19)13(14(20)21)11-3-2-4-12(9-11)15(16,17)18/h2-4,9-10,13H,5-8H2,1H3,(H,20,21). The number of carboxylic acids is 1. The van der Waals surface area contributed by atoms with Gasteiger partial charge in [-0.1, -0.05) is 18.2 Å². The van der Waals surface area contributed by atoms with E-state index >= 15 is 0 Å². The summed E-state index contributed by atoms with van der Waals surface area (Å²) in [6.07, 6.45) is -3.08. The lowest BCUT2D eigenvalue weighted by Crippen LogP contribution is -2.35. The van der Waals surface area contributed by atoms with Gasteiger partial charge in [-0.05, 0) is 50.5 Å². The van der Waals surface area contributed by atoms with Crippen molar-refractivity contribution >= 4 is 5.97 Å². The van der Waals surface area contributed by atoms with Gasteiger partial charge in [0.05, 0.1) is 11.5 Å². The molecular formula is C15H18F3NO2. The topological polar surface area (TPSA) is 40.5 Å². The summed E-state index contributed by atoms with van der Waals surface area (Å²) < 4.78 is 38.3. The molecule has 0 spiro atoms. The van der Waals surface area contributed by atoms with Crippen molar-refractivity contribution in [1.82, 2.24) is 4.90 Å². The molecule has 6 heteroatoms. The van der Waals surface area contributed by atoms with Gasteiger partial charge in [0.2, 0.25) is 0 Å². The maximum atomic E-state index is 12.8. The monoisotopic (exact) mass is 301 g/mol. The Morgan fingerprint density at radius 2 is 1.95 bits per heavy atom. The lowest BCUT2D eigenvalue weighted by molar-refractivity contribution is -0.141. The first-order valence-corrected chi connectivity index (χ1v) is 6.87. The van der Waals surface area contributed by atoms with E-state index < -0.39 is 23.6 Å². The van der Waals surface area contributed by atoms with Crippen LogP contribution in [0.1, 0.15) is 29.9 Å². The number of nitrogens with zero attached hydrogens (tertiary/aromatic N) is 1. The predicted octanol–water partition coefficient (Wildman–Crippen LogP) is 3.22.